The zero-order valence-corrected chi connectivity index (χ0v) is 10.0. The lowest BCUT2D eigenvalue weighted by molar-refractivity contribution is -0.422. The largest absolute Gasteiger partial charge is 0.259 e. The number of allylic oxidation sites excluding steroid dienone is 1. The van der Waals surface area contributed by atoms with Crippen LogP contribution >= 0.6 is 0 Å². The van der Waals surface area contributed by atoms with Gasteiger partial charge in [-0.15, -0.1) is 0 Å². The Hall–Kier alpha value is -2.42. The highest BCUT2D eigenvalue weighted by Crippen LogP contribution is 2.21. The Balaban J connectivity index is 2.37. The molecule has 0 radical (unpaired) electrons. The Morgan fingerprint density at radius 1 is 1.06 bits per heavy atom. The molecule has 0 aromatic heterocycles. The molecule has 3 heteroatoms. The van der Waals surface area contributed by atoms with Crippen LogP contribution in [0.2, 0.25) is 0 Å². The monoisotopic (exact) mass is 239 g/mol. The van der Waals surface area contributed by atoms with Crippen LogP contribution in [0.25, 0.3) is 17.2 Å². The van der Waals surface area contributed by atoms with Crippen molar-refractivity contribution in [3.63, 3.8) is 0 Å². The van der Waals surface area contributed by atoms with Crippen molar-refractivity contribution in [2.75, 3.05) is 0 Å². The predicted octanol–water partition coefficient (Wildman–Crippen LogP) is 3.99. The van der Waals surface area contributed by atoms with Crippen LogP contribution in [0.4, 0.5) is 0 Å². The smallest absolute Gasteiger partial charge is 0.243 e. The molecule has 2 aromatic rings. The van der Waals surface area contributed by atoms with Gasteiger partial charge in [-0.1, -0.05) is 48.5 Å². The average Bonchev–Trinajstić information content (AvgIpc) is 2.40. The zero-order valence-electron chi connectivity index (χ0n) is 10.0. The maximum absolute atomic E-state index is 10.6. The summed E-state index contributed by atoms with van der Waals surface area (Å²) in [5, 5.41) is 10.6. The van der Waals surface area contributed by atoms with Crippen molar-refractivity contribution < 1.29 is 4.92 Å². The summed E-state index contributed by atoms with van der Waals surface area (Å²) >= 11 is 0. The van der Waals surface area contributed by atoms with Gasteiger partial charge in [0.2, 0.25) is 5.70 Å². The van der Waals surface area contributed by atoms with Crippen LogP contribution in [0.15, 0.2) is 60.3 Å². The van der Waals surface area contributed by atoms with Gasteiger partial charge in [-0.2, -0.15) is 0 Å². The van der Waals surface area contributed by atoms with Crippen molar-refractivity contribution in [2.24, 2.45) is 0 Å². The van der Waals surface area contributed by atoms with Gasteiger partial charge in [-0.3, -0.25) is 10.1 Å². The molecule has 18 heavy (non-hydrogen) atoms. The molecule has 0 atom stereocenters. The lowest BCUT2D eigenvalue weighted by Gasteiger charge is -2.02. The van der Waals surface area contributed by atoms with Gasteiger partial charge in [0.1, 0.15) is 0 Å². The lowest BCUT2D eigenvalue weighted by Crippen LogP contribution is -1.92. The van der Waals surface area contributed by atoms with Crippen LogP contribution in [0, 0.1) is 10.1 Å². The summed E-state index contributed by atoms with van der Waals surface area (Å²) in [6.45, 7) is 1.50. The van der Waals surface area contributed by atoms with Crippen LogP contribution in [0.3, 0.4) is 0 Å². The summed E-state index contributed by atoms with van der Waals surface area (Å²) in [7, 11) is 0. The molecule has 0 spiro atoms. The third-order valence-corrected chi connectivity index (χ3v) is 2.66. The van der Waals surface area contributed by atoms with E-state index < -0.39 is 0 Å². The summed E-state index contributed by atoms with van der Waals surface area (Å²) in [5.41, 5.74) is 3.14. The molecule has 0 saturated heterocycles. The molecule has 0 saturated carbocycles. The number of benzene rings is 2. The lowest BCUT2D eigenvalue weighted by atomic mass is 10.0. The first-order valence-corrected chi connectivity index (χ1v) is 5.65. The number of hydrogen-bond donors (Lipinski definition) is 0. The van der Waals surface area contributed by atoms with Crippen LogP contribution in [-0.2, 0) is 0 Å². The van der Waals surface area contributed by atoms with Crippen LogP contribution in [0.5, 0.6) is 0 Å². The normalized spacial score (nSPS) is 11.3. The molecule has 0 bridgehead atoms. The molecule has 0 unspecified atom stereocenters. The summed E-state index contributed by atoms with van der Waals surface area (Å²) in [4.78, 5) is 10.2. The van der Waals surface area contributed by atoms with E-state index in [1.165, 1.54) is 6.92 Å². The maximum atomic E-state index is 10.6. The van der Waals surface area contributed by atoms with Crippen molar-refractivity contribution in [3.05, 3.63) is 76.0 Å². The third kappa shape index (κ3) is 2.83. The highest BCUT2D eigenvalue weighted by atomic mass is 16.6. The van der Waals surface area contributed by atoms with Gasteiger partial charge >= 0.3 is 0 Å². The van der Waals surface area contributed by atoms with Crippen molar-refractivity contribution >= 4 is 6.08 Å². The van der Waals surface area contributed by atoms with Crippen molar-refractivity contribution in [2.45, 2.75) is 6.92 Å². The van der Waals surface area contributed by atoms with E-state index in [0.29, 0.717) is 0 Å². The van der Waals surface area contributed by atoms with Gasteiger partial charge in [0.25, 0.3) is 0 Å². The zero-order chi connectivity index (χ0) is 13.0. The van der Waals surface area contributed by atoms with Gasteiger partial charge in [-0.25, -0.2) is 0 Å². The van der Waals surface area contributed by atoms with Crippen LogP contribution in [-0.4, -0.2) is 4.92 Å². The highest BCUT2D eigenvalue weighted by Gasteiger charge is 2.03. The minimum absolute atomic E-state index is 0.139. The SMILES string of the molecule is C/C(=C\c1cccc(-c2ccccc2)c1)[N+](=O)[O-]. The fourth-order valence-electron chi connectivity index (χ4n) is 1.73. The van der Waals surface area contributed by atoms with E-state index in [9.17, 15) is 10.1 Å². The molecule has 0 heterocycles. The van der Waals surface area contributed by atoms with E-state index in [-0.39, 0.29) is 10.6 Å². The van der Waals surface area contributed by atoms with Crippen molar-refractivity contribution in [1.29, 1.82) is 0 Å². The summed E-state index contributed by atoms with van der Waals surface area (Å²) in [5.74, 6) is 0. The van der Waals surface area contributed by atoms with Gasteiger partial charge < -0.3 is 0 Å². The summed E-state index contributed by atoms with van der Waals surface area (Å²) in [6, 6.07) is 17.6. The van der Waals surface area contributed by atoms with Crippen LogP contribution < -0.4 is 0 Å². The first-order chi connectivity index (χ1) is 8.66. The van der Waals surface area contributed by atoms with E-state index in [1.54, 1.807) is 6.08 Å². The van der Waals surface area contributed by atoms with E-state index in [0.717, 1.165) is 16.7 Å². The minimum Gasteiger partial charge on any atom is -0.259 e. The molecule has 0 aliphatic rings. The Kier molecular flexibility index (Phi) is 3.53. The number of rotatable bonds is 3. The van der Waals surface area contributed by atoms with Gasteiger partial charge in [0.15, 0.2) is 0 Å². The van der Waals surface area contributed by atoms with E-state index in [2.05, 4.69) is 0 Å². The second-order valence-electron chi connectivity index (χ2n) is 4.03. The fourth-order valence-corrected chi connectivity index (χ4v) is 1.73. The fraction of sp³-hybridized carbons (Fsp3) is 0.0667. The molecule has 0 aliphatic heterocycles. The molecular formula is C15H13NO2. The standard InChI is InChI=1S/C15H13NO2/c1-12(16(17)18)10-13-6-5-9-15(11-13)14-7-3-2-4-8-14/h2-11H,1H3/b12-10+. The minimum atomic E-state index is -0.380. The Bertz CT molecular complexity index is 588. The topological polar surface area (TPSA) is 43.1 Å². The Morgan fingerprint density at radius 3 is 2.39 bits per heavy atom. The number of nitro groups is 1. The second kappa shape index (κ2) is 5.27. The Morgan fingerprint density at radius 2 is 1.72 bits per heavy atom. The third-order valence-electron chi connectivity index (χ3n) is 2.66. The van der Waals surface area contributed by atoms with Crippen molar-refractivity contribution in [1.82, 2.24) is 0 Å². The molecule has 3 nitrogen and oxygen atoms in total. The van der Waals surface area contributed by atoms with Crippen molar-refractivity contribution in [3.8, 4) is 11.1 Å². The first-order valence-electron chi connectivity index (χ1n) is 5.65. The number of nitrogens with zero attached hydrogens (tertiary/aromatic N) is 1. The molecule has 0 fully saturated rings. The maximum Gasteiger partial charge on any atom is 0.243 e. The molecule has 2 aromatic carbocycles. The quantitative estimate of drug-likeness (QED) is 0.600. The van der Waals surface area contributed by atoms with Crippen LogP contribution in [0.1, 0.15) is 12.5 Å². The molecule has 0 aliphatic carbocycles. The Labute approximate surface area is 106 Å². The number of hydrogen-bond acceptors (Lipinski definition) is 2. The van der Waals surface area contributed by atoms with Gasteiger partial charge in [0.05, 0.1) is 4.92 Å². The first kappa shape index (κ1) is 12.0. The highest BCUT2D eigenvalue weighted by molar-refractivity contribution is 5.67. The van der Waals surface area contributed by atoms with Gasteiger partial charge in [0, 0.05) is 13.0 Å². The van der Waals surface area contributed by atoms with Gasteiger partial charge in [-0.05, 0) is 22.8 Å². The molecular weight excluding hydrogens is 226 g/mol. The molecule has 2 rings (SSSR count). The average molecular weight is 239 g/mol. The molecule has 0 N–H and O–H groups in total. The molecule has 0 amide bonds. The van der Waals surface area contributed by atoms with E-state index >= 15 is 0 Å². The summed E-state index contributed by atoms with van der Waals surface area (Å²) in [6.07, 6.45) is 1.58. The second-order valence-corrected chi connectivity index (χ2v) is 4.03. The molecule has 90 valence electrons. The van der Waals surface area contributed by atoms with E-state index in [1.807, 2.05) is 54.6 Å². The summed E-state index contributed by atoms with van der Waals surface area (Å²) < 4.78 is 0. The van der Waals surface area contributed by atoms with E-state index in [4.69, 9.17) is 0 Å². The predicted molar refractivity (Wildman–Crippen MR) is 72.5 cm³/mol.